The Hall–Kier alpha value is -2.13. The van der Waals surface area contributed by atoms with E-state index in [4.69, 9.17) is 10.5 Å². The second-order valence-corrected chi connectivity index (χ2v) is 4.92. The first kappa shape index (κ1) is 17.2. The average Bonchev–Trinajstić information content (AvgIpc) is 2.48. The Morgan fingerprint density at radius 1 is 1.26 bits per heavy atom. The Balaban J connectivity index is 2.31. The molecule has 1 amide bonds. The molecule has 1 fully saturated rings. The Labute approximate surface area is 129 Å². The van der Waals surface area contributed by atoms with E-state index in [0.29, 0.717) is 26.3 Å². The highest BCUT2D eigenvalue weighted by Crippen LogP contribution is 2.27. The Kier molecular flexibility index (Phi) is 5.22. The third kappa shape index (κ3) is 4.42. The summed E-state index contributed by atoms with van der Waals surface area (Å²) in [6.45, 7) is 2.15. The van der Waals surface area contributed by atoms with E-state index in [0.717, 1.165) is 0 Å². The first-order valence-corrected chi connectivity index (χ1v) is 6.80. The highest BCUT2D eigenvalue weighted by Gasteiger charge is 2.41. The summed E-state index contributed by atoms with van der Waals surface area (Å²) in [7, 11) is 0. The number of hydrogen-bond donors (Lipinski definition) is 1. The molecule has 1 aliphatic heterocycles. The van der Waals surface area contributed by atoms with Crippen LogP contribution >= 0.6 is 0 Å². The van der Waals surface area contributed by atoms with Crippen LogP contribution in [-0.2, 0) is 16.1 Å². The van der Waals surface area contributed by atoms with Gasteiger partial charge in [-0.05, 0) is 12.1 Å². The second-order valence-electron chi connectivity index (χ2n) is 4.92. The molecule has 0 saturated carbocycles. The van der Waals surface area contributed by atoms with Crippen molar-refractivity contribution in [3.8, 4) is 5.75 Å². The van der Waals surface area contributed by atoms with Gasteiger partial charge < -0.3 is 15.2 Å². The fourth-order valence-corrected chi connectivity index (χ4v) is 2.20. The molecule has 1 aromatic rings. The van der Waals surface area contributed by atoms with Crippen molar-refractivity contribution < 1.29 is 32.2 Å². The van der Waals surface area contributed by atoms with Crippen LogP contribution in [0, 0.1) is 0 Å². The van der Waals surface area contributed by atoms with Crippen molar-refractivity contribution in [2.75, 3.05) is 26.3 Å². The molecule has 1 saturated heterocycles. The maximum atomic E-state index is 12.4. The molecule has 2 N–H and O–H groups in total. The number of hydrogen-bond acceptors (Lipinski definition) is 5. The normalized spacial score (nSPS) is 16.1. The van der Waals surface area contributed by atoms with Gasteiger partial charge in [0.1, 0.15) is 5.75 Å². The summed E-state index contributed by atoms with van der Waals surface area (Å²) in [6, 6.07) is 3.89. The fraction of sp³-hybridized carbons (Fsp3) is 0.429. The summed E-state index contributed by atoms with van der Waals surface area (Å²) in [5.74, 6) is -3.48. The van der Waals surface area contributed by atoms with Gasteiger partial charge in [-0.3, -0.25) is 9.69 Å². The summed E-state index contributed by atoms with van der Waals surface area (Å²) in [4.78, 5) is 24.4. The zero-order valence-electron chi connectivity index (χ0n) is 12.1. The summed E-state index contributed by atoms with van der Waals surface area (Å²) >= 11 is 0. The van der Waals surface area contributed by atoms with E-state index in [1.807, 2.05) is 4.90 Å². The summed E-state index contributed by atoms with van der Waals surface area (Å²) in [5, 5.41) is 0. The second kappa shape index (κ2) is 6.97. The van der Waals surface area contributed by atoms with Crippen molar-refractivity contribution in [3.63, 3.8) is 0 Å². The molecule has 0 aromatic heterocycles. The van der Waals surface area contributed by atoms with E-state index in [2.05, 4.69) is 4.74 Å². The molecule has 126 valence electrons. The molecular weight excluding hydrogens is 317 g/mol. The average molecular weight is 332 g/mol. The number of rotatable bonds is 4. The van der Waals surface area contributed by atoms with Crippen LogP contribution in [0.3, 0.4) is 0 Å². The number of nitrogens with two attached hydrogens (primary N) is 1. The van der Waals surface area contributed by atoms with Gasteiger partial charge in [-0.1, -0.05) is 6.07 Å². The SMILES string of the molecule is NC(=O)c1cccc(OC(=O)C(F)(F)F)c1CN1CCOCC1. The number of nitrogens with zero attached hydrogens (tertiary/aromatic N) is 1. The van der Waals surface area contributed by atoms with Gasteiger partial charge in [-0.15, -0.1) is 0 Å². The Morgan fingerprint density at radius 3 is 2.48 bits per heavy atom. The third-order valence-electron chi connectivity index (χ3n) is 3.32. The van der Waals surface area contributed by atoms with Gasteiger partial charge >= 0.3 is 12.1 Å². The number of alkyl halides is 3. The molecule has 0 radical (unpaired) electrons. The summed E-state index contributed by atoms with van der Waals surface area (Å²) < 4.78 is 46.8. The minimum atomic E-state index is -5.13. The largest absolute Gasteiger partial charge is 0.491 e. The first-order valence-electron chi connectivity index (χ1n) is 6.80. The van der Waals surface area contributed by atoms with Gasteiger partial charge in [0.2, 0.25) is 5.91 Å². The van der Waals surface area contributed by atoms with Crippen molar-refractivity contribution in [2.45, 2.75) is 12.7 Å². The van der Waals surface area contributed by atoms with E-state index in [1.165, 1.54) is 18.2 Å². The van der Waals surface area contributed by atoms with E-state index < -0.39 is 18.1 Å². The number of primary amides is 1. The number of amides is 1. The zero-order chi connectivity index (χ0) is 17.0. The molecule has 1 aromatic carbocycles. The van der Waals surface area contributed by atoms with Crippen molar-refractivity contribution in [1.29, 1.82) is 0 Å². The van der Waals surface area contributed by atoms with E-state index in [9.17, 15) is 22.8 Å². The van der Waals surface area contributed by atoms with Gasteiger partial charge in [0.05, 0.1) is 13.2 Å². The quantitative estimate of drug-likeness (QED) is 0.659. The molecule has 0 bridgehead atoms. The number of carbonyl (C=O) groups excluding carboxylic acids is 2. The fourth-order valence-electron chi connectivity index (χ4n) is 2.20. The minimum Gasteiger partial charge on any atom is -0.420 e. The molecule has 0 spiro atoms. The van der Waals surface area contributed by atoms with Crippen LogP contribution in [0.4, 0.5) is 13.2 Å². The van der Waals surface area contributed by atoms with Gasteiger partial charge in [0, 0.05) is 30.8 Å². The number of ether oxygens (including phenoxy) is 2. The number of esters is 1. The highest BCUT2D eigenvalue weighted by atomic mass is 19.4. The standard InChI is InChI=1S/C14H15F3N2O4/c15-14(16,17)13(21)23-11-3-1-2-9(12(18)20)10(11)8-19-4-6-22-7-5-19/h1-3H,4-8H2,(H2,18,20). The van der Waals surface area contributed by atoms with E-state index in [1.54, 1.807) is 0 Å². The zero-order valence-corrected chi connectivity index (χ0v) is 12.1. The van der Waals surface area contributed by atoms with Crippen LogP contribution in [-0.4, -0.2) is 49.3 Å². The molecule has 1 heterocycles. The molecule has 1 aliphatic rings. The number of benzene rings is 1. The van der Waals surface area contributed by atoms with Crippen LogP contribution in [0.15, 0.2) is 18.2 Å². The Bertz CT molecular complexity index is 598. The molecular formula is C14H15F3N2O4. The molecule has 23 heavy (non-hydrogen) atoms. The molecule has 0 atom stereocenters. The smallest absolute Gasteiger partial charge is 0.420 e. The lowest BCUT2D eigenvalue weighted by atomic mass is 10.0. The van der Waals surface area contributed by atoms with E-state index in [-0.39, 0.29) is 23.4 Å². The topological polar surface area (TPSA) is 81.9 Å². The lowest BCUT2D eigenvalue weighted by Gasteiger charge is -2.27. The van der Waals surface area contributed by atoms with Gasteiger partial charge in [0.25, 0.3) is 0 Å². The van der Waals surface area contributed by atoms with Crippen LogP contribution < -0.4 is 10.5 Å². The van der Waals surface area contributed by atoms with Gasteiger partial charge in [-0.25, -0.2) is 4.79 Å². The number of halogens is 3. The number of morpholine rings is 1. The summed E-state index contributed by atoms with van der Waals surface area (Å²) in [5.41, 5.74) is 5.43. The lowest BCUT2D eigenvalue weighted by Crippen LogP contribution is -2.36. The van der Waals surface area contributed by atoms with Crippen molar-refractivity contribution in [3.05, 3.63) is 29.3 Å². The van der Waals surface area contributed by atoms with Gasteiger partial charge in [-0.2, -0.15) is 13.2 Å². The molecule has 9 heteroatoms. The summed E-state index contributed by atoms with van der Waals surface area (Å²) in [6.07, 6.45) is -5.13. The first-order chi connectivity index (χ1) is 10.8. The number of carbonyl (C=O) groups is 2. The van der Waals surface area contributed by atoms with Crippen LogP contribution in [0.2, 0.25) is 0 Å². The van der Waals surface area contributed by atoms with Crippen molar-refractivity contribution in [2.24, 2.45) is 5.73 Å². The maximum Gasteiger partial charge on any atom is 0.491 e. The van der Waals surface area contributed by atoms with E-state index >= 15 is 0 Å². The molecule has 2 rings (SSSR count). The maximum absolute atomic E-state index is 12.4. The third-order valence-corrected chi connectivity index (χ3v) is 3.32. The van der Waals surface area contributed by atoms with Crippen LogP contribution in [0.25, 0.3) is 0 Å². The van der Waals surface area contributed by atoms with Crippen LogP contribution in [0.5, 0.6) is 5.75 Å². The van der Waals surface area contributed by atoms with Crippen molar-refractivity contribution in [1.82, 2.24) is 4.90 Å². The lowest BCUT2D eigenvalue weighted by molar-refractivity contribution is -0.189. The monoisotopic (exact) mass is 332 g/mol. The molecule has 0 aliphatic carbocycles. The minimum absolute atomic E-state index is 0.0176. The highest BCUT2D eigenvalue weighted by molar-refractivity contribution is 5.95. The van der Waals surface area contributed by atoms with Gasteiger partial charge in [0.15, 0.2) is 0 Å². The van der Waals surface area contributed by atoms with Crippen LogP contribution in [0.1, 0.15) is 15.9 Å². The predicted octanol–water partition coefficient (Wildman–Crippen LogP) is 1.09. The van der Waals surface area contributed by atoms with Crippen molar-refractivity contribution >= 4 is 11.9 Å². The Morgan fingerprint density at radius 2 is 1.91 bits per heavy atom. The molecule has 6 nitrogen and oxygen atoms in total. The molecule has 0 unspecified atom stereocenters. The predicted molar refractivity (Wildman–Crippen MR) is 72.7 cm³/mol.